The predicted molar refractivity (Wildman–Crippen MR) is 76.5 cm³/mol. The van der Waals surface area contributed by atoms with Crippen LogP contribution in [0, 0.1) is 0 Å². The SMILES string of the molecule is CN(C)c1cc(C(=O)NCCCCCCO)ccn1. The predicted octanol–water partition coefficient (Wildman–Crippen LogP) is 1.43. The lowest BCUT2D eigenvalue weighted by atomic mass is 10.2. The van der Waals surface area contributed by atoms with E-state index < -0.39 is 0 Å². The Kier molecular flexibility index (Phi) is 6.89. The van der Waals surface area contributed by atoms with Crippen LogP contribution in [0.25, 0.3) is 0 Å². The summed E-state index contributed by atoms with van der Waals surface area (Å²) in [6.07, 6.45) is 5.46. The highest BCUT2D eigenvalue weighted by molar-refractivity contribution is 5.94. The summed E-state index contributed by atoms with van der Waals surface area (Å²) in [4.78, 5) is 18.0. The van der Waals surface area contributed by atoms with E-state index >= 15 is 0 Å². The van der Waals surface area contributed by atoms with Gasteiger partial charge in [-0.1, -0.05) is 12.8 Å². The van der Waals surface area contributed by atoms with E-state index in [4.69, 9.17) is 5.11 Å². The molecule has 0 aromatic carbocycles. The highest BCUT2D eigenvalue weighted by atomic mass is 16.2. The van der Waals surface area contributed by atoms with Crippen molar-refractivity contribution in [2.45, 2.75) is 25.7 Å². The minimum absolute atomic E-state index is 0.0624. The van der Waals surface area contributed by atoms with Crippen molar-refractivity contribution < 1.29 is 9.90 Å². The molecule has 2 N–H and O–H groups in total. The van der Waals surface area contributed by atoms with Crippen molar-refractivity contribution >= 4 is 11.7 Å². The van der Waals surface area contributed by atoms with Crippen LogP contribution >= 0.6 is 0 Å². The van der Waals surface area contributed by atoms with Crippen LogP contribution in [0.15, 0.2) is 18.3 Å². The molecule has 106 valence electrons. The monoisotopic (exact) mass is 265 g/mol. The van der Waals surface area contributed by atoms with Crippen molar-refractivity contribution in [2.75, 3.05) is 32.1 Å². The quantitative estimate of drug-likeness (QED) is 0.698. The van der Waals surface area contributed by atoms with Gasteiger partial charge in [-0.2, -0.15) is 0 Å². The van der Waals surface area contributed by atoms with Gasteiger partial charge in [-0.25, -0.2) is 4.98 Å². The number of aromatic nitrogens is 1. The molecule has 0 unspecified atom stereocenters. The molecule has 1 rings (SSSR count). The Morgan fingerprint density at radius 3 is 2.74 bits per heavy atom. The number of nitrogens with one attached hydrogen (secondary N) is 1. The lowest BCUT2D eigenvalue weighted by Gasteiger charge is -2.12. The highest BCUT2D eigenvalue weighted by Crippen LogP contribution is 2.09. The summed E-state index contributed by atoms with van der Waals surface area (Å²) in [6, 6.07) is 3.50. The topological polar surface area (TPSA) is 65.5 Å². The molecular weight excluding hydrogens is 242 g/mol. The molecule has 1 aromatic rings. The Labute approximate surface area is 114 Å². The molecule has 0 saturated carbocycles. The van der Waals surface area contributed by atoms with Crippen LogP contribution in [0.3, 0.4) is 0 Å². The van der Waals surface area contributed by atoms with Crippen molar-refractivity contribution in [1.82, 2.24) is 10.3 Å². The molecule has 1 aromatic heterocycles. The van der Waals surface area contributed by atoms with Crippen molar-refractivity contribution in [1.29, 1.82) is 0 Å². The maximum Gasteiger partial charge on any atom is 0.251 e. The molecule has 5 nitrogen and oxygen atoms in total. The number of carbonyl (C=O) groups excluding carboxylic acids is 1. The number of hydrogen-bond acceptors (Lipinski definition) is 4. The Morgan fingerprint density at radius 2 is 2.05 bits per heavy atom. The first kappa shape index (κ1) is 15.4. The fourth-order valence-corrected chi connectivity index (χ4v) is 1.70. The van der Waals surface area contributed by atoms with Crippen LogP contribution < -0.4 is 10.2 Å². The van der Waals surface area contributed by atoms with Gasteiger partial charge in [0.1, 0.15) is 5.82 Å². The summed E-state index contributed by atoms with van der Waals surface area (Å²) < 4.78 is 0. The molecule has 0 fully saturated rings. The number of anilines is 1. The molecule has 19 heavy (non-hydrogen) atoms. The van der Waals surface area contributed by atoms with Gasteiger partial charge in [-0.3, -0.25) is 4.79 Å². The third-order valence-corrected chi connectivity index (χ3v) is 2.84. The zero-order valence-corrected chi connectivity index (χ0v) is 11.7. The molecule has 0 aliphatic carbocycles. The van der Waals surface area contributed by atoms with Crippen molar-refractivity contribution in [3.63, 3.8) is 0 Å². The Balaban J connectivity index is 2.35. The molecular formula is C14H23N3O2. The first-order chi connectivity index (χ1) is 9.15. The molecule has 1 heterocycles. The van der Waals surface area contributed by atoms with Gasteiger partial charge < -0.3 is 15.3 Å². The number of amides is 1. The third-order valence-electron chi connectivity index (χ3n) is 2.84. The average molecular weight is 265 g/mol. The fraction of sp³-hybridized carbons (Fsp3) is 0.571. The molecule has 0 radical (unpaired) electrons. The smallest absolute Gasteiger partial charge is 0.251 e. The van der Waals surface area contributed by atoms with Gasteiger partial charge in [0, 0.05) is 39.0 Å². The van der Waals surface area contributed by atoms with Gasteiger partial charge in [0.2, 0.25) is 0 Å². The van der Waals surface area contributed by atoms with Crippen molar-refractivity contribution in [3.8, 4) is 0 Å². The molecule has 0 saturated heterocycles. The van der Waals surface area contributed by atoms with Crippen LogP contribution in [0.2, 0.25) is 0 Å². The number of aliphatic hydroxyl groups excluding tert-OH is 1. The van der Waals surface area contributed by atoms with Gasteiger partial charge in [0.25, 0.3) is 5.91 Å². The van der Waals surface area contributed by atoms with E-state index in [0.717, 1.165) is 31.5 Å². The van der Waals surface area contributed by atoms with E-state index in [9.17, 15) is 4.79 Å². The summed E-state index contributed by atoms with van der Waals surface area (Å²) >= 11 is 0. The summed E-state index contributed by atoms with van der Waals surface area (Å²) in [5.74, 6) is 0.711. The molecule has 0 spiro atoms. The number of hydrogen-bond donors (Lipinski definition) is 2. The number of nitrogens with zero attached hydrogens (tertiary/aromatic N) is 2. The van der Waals surface area contributed by atoms with E-state index in [-0.39, 0.29) is 12.5 Å². The zero-order chi connectivity index (χ0) is 14.1. The van der Waals surface area contributed by atoms with Gasteiger partial charge in [0.05, 0.1) is 0 Å². The van der Waals surface area contributed by atoms with E-state index in [2.05, 4.69) is 10.3 Å². The molecule has 0 atom stereocenters. The second-order valence-electron chi connectivity index (χ2n) is 4.69. The van der Waals surface area contributed by atoms with Crippen LogP contribution in [-0.2, 0) is 0 Å². The fourth-order valence-electron chi connectivity index (χ4n) is 1.70. The van der Waals surface area contributed by atoms with Crippen LogP contribution in [0.1, 0.15) is 36.0 Å². The summed E-state index contributed by atoms with van der Waals surface area (Å²) in [5.41, 5.74) is 0.633. The molecule has 5 heteroatoms. The summed E-state index contributed by atoms with van der Waals surface area (Å²) in [5, 5.41) is 11.5. The minimum Gasteiger partial charge on any atom is -0.396 e. The van der Waals surface area contributed by atoms with Gasteiger partial charge in [0.15, 0.2) is 0 Å². The number of pyridine rings is 1. The number of unbranched alkanes of at least 4 members (excludes halogenated alkanes) is 3. The van der Waals surface area contributed by atoms with Crippen LogP contribution in [-0.4, -0.2) is 43.2 Å². The lowest BCUT2D eigenvalue weighted by molar-refractivity contribution is 0.0952. The van der Waals surface area contributed by atoms with Gasteiger partial charge >= 0.3 is 0 Å². The maximum atomic E-state index is 11.9. The lowest BCUT2D eigenvalue weighted by Crippen LogP contribution is -2.25. The standard InChI is InChI=1S/C14H23N3O2/c1-17(2)13-11-12(7-9-15-13)14(19)16-8-5-3-4-6-10-18/h7,9,11,18H,3-6,8,10H2,1-2H3,(H,16,19). The minimum atomic E-state index is -0.0624. The number of aliphatic hydroxyl groups is 1. The van der Waals surface area contributed by atoms with Crippen LogP contribution in [0.4, 0.5) is 5.82 Å². The molecule has 1 amide bonds. The van der Waals surface area contributed by atoms with E-state index in [0.29, 0.717) is 12.1 Å². The van der Waals surface area contributed by atoms with E-state index in [1.807, 2.05) is 19.0 Å². The number of carbonyl (C=O) groups is 1. The zero-order valence-electron chi connectivity index (χ0n) is 11.7. The van der Waals surface area contributed by atoms with E-state index in [1.54, 1.807) is 18.3 Å². The van der Waals surface area contributed by atoms with Crippen molar-refractivity contribution in [3.05, 3.63) is 23.9 Å². The normalized spacial score (nSPS) is 10.3. The molecule has 0 bridgehead atoms. The van der Waals surface area contributed by atoms with E-state index in [1.165, 1.54) is 0 Å². The first-order valence-electron chi connectivity index (χ1n) is 6.67. The Bertz CT molecular complexity index is 394. The number of rotatable bonds is 8. The van der Waals surface area contributed by atoms with Gasteiger partial charge in [-0.05, 0) is 25.0 Å². The molecule has 0 aliphatic rings. The average Bonchev–Trinajstić information content (AvgIpc) is 2.42. The largest absolute Gasteiger partial charge is 0.396 e. The van der Waals surface area contributed by atoms with Crippen molar-refractivity contribution in [2.24, 2.45) is 0 Å². The first-order valence-corrected chi connectivity index (χ1v) is 6.67. The Hall–Kier alpha value is -1.62. The highest BCUT2D eigenvalue weighted by Gasteiger charge is 2.06. The van der Waals surface area contributed by atoms with Crippen LogP contribution in [0.5, 0.6) is 0 Å². The summed E-state index contributed by atoms with van der Waals surface area (Å²) in [6.45, 7) is 0.917. The third kappa shape index (κ3) is 5.70. The maximum absolute atomic E-state index is 11.9. The molecule has 0 aliphatic heterocycles. The van der Waals surface area contributed by atoms with Gasteiger partial charge in [-0.15, -0.1) is 0 Å². The Morgan fingerprint density at radius 1 is 1.32 bits per heavy atom. The second kappa shape index (κ2) is 8.48. The summed E-state index contributed by atoms with van der Waals surface area (Å²) in [7, 11) is 3.79. The second-order valence-corrected chi connectivity index (χ2v) is 4.69.